The molecular weight excluding hydrogens is 663 g/mol. The second-order valence-electron chi connectivity index (χ2n) is 10.2. The van der Waals surface area contributed by atoms with Crippen LogP contribution in [0.5, 0.6) is 0 Å². The number of fused-ring (bicyclic) bond motifs is 3. The average molecular weight is 692 g/mol. The molecule has 0 atom stereocenters. The van der Waals surface area contributed by atoms with Gasteiger partial charge < -0.3 is 14.4 Å². The predicted molar refractivity (Wildman–Crippen MR) is 155 cm³/mol. The Balaban J connectivity index is 0.000000204. The van der Waals surface area contributed by atoms with Crippen LogP contribution in [0.2, 0.25) is 19.6 Å². The van der Waals surface area contributed by atoms with E-state index in [0.29, 0.717) is 5.71 Å². The van der Waals surface area contributed by atoms with Gasteiger partial charge in [-0.3, -0.25) is 0 Å². The van der Waals surface area contributed by atoms with Gasteiger partial charge in [0.1, 0.15) is 0 Å². The zero-order valence-electron chi connectivity index (χ0n) is 22.2. The summed E-state index contributed by atoms with van der Waals surface area (Å²) in [6, 6.07) is 30.7. The Morgan fingerprint density at radius 1 is 0.763 bits per heavy atom. The van der Waals surface area contributed by atoms with Crippen molar-refractivity contribution in [1.82, 2.24) is 15.0 Å². The molecule has 4 nitrogen and oxygen atoms in total. The third kappa shape index (κ3) is 6.16. The zero-order valence-corrected chi connectivity index (χ0v) is 25.6. The van der Waals surface area contributed by atoms with E-state index in [1.54, 1.807) is 0 Å². The molecule has 0 unspecified atom stereocenters. The smallest absolute Gasteiger partial charge is 0.216 e. The van der Waals surface area contributed by atoms with E-state index in [1.807, 2.05) is 68.7 Å². The number of aryl methyl sites for hydroxylation is 2. The number of furan rings is 1. The summed E-state index contributed by atoms with van der Waals surface area (Å²) in [6.45, 7) is 11.0. The summed E-state index contributed by atoms with van der Waals surface area (Å²) >= 11 is 0. The fourth-order valence-corrected chi connectivity index (χ4v) is 5.05. The largest absolute Gasteiger partial charge is 0.486 e. The first-order valence-electron chi connectivity index (χ1n) is 12.4. The molecule has 1 radical (unpaired) electrons. The number of pyridine rings is 3. The average Bonchev–Trinajstić information content (AvgIpc) is 3.26. The second-order valence-corrected chi connectivity index (χ2v) is 15.3. The molecule has 0 aliphatic rings. The monoisotopic (exact) mass is 692 g/mol. The minimum Gasteiger partial charge on any atom is -0.486 e. The number of aromatic nitrogens is 3. The molecule has 2 aromatic carbocycles. The molecule has 4 heterocycles. The van der Waals surface area contributed by atoms with Crippen molar-refractivity contribution in [2.45, 2.75) is 33.5 Å². The third-order valence-electron chi connectivity index (χ3n) is 6.21. The maximum absolute atomic E-state index is 5.83. The Morgan fingerprint density at radius 3 is 2.18 bits per heavy atom. The topological polar surface area (TPSA) is 51.8 Å². The van der Waals surface area contributed by atoms with Crippen LogP contribution in [0, 0.1) is 26.0 Å². The van der Waals surface area contributed by atoms with Gasteiger partial charge >= 0.3 is 0 Å². The standard InChI is InChI=1S/C20H19N2OSi.C12H10N.Ir/c1-13-5-8-16-17-11-14(6-10-19(17)23-20(16)22-13)18-9-7-15(12-21-18)24(2,3)4;1-10-7-8-12(13-9-10)11-5-3-2-4-6-11;/h5,7-12H,1-4H3;2-5,7-9H,1H3;/q2*-1;. The normalized spacial score (nSPS) is 11.1. The molecule has 6 aromatic rings. The van der Waals surface area contributed by atoms with Crippen molar-refractivity contribution in [2.75, 3.05) is 0 Å². The summed E-state index contributed by atoms with van der Waals surface area (Å²) in [5.41, 5.74) is 7.56. The van der Waals surface area contributed by atoms with Crippen molar-refractivity contribution < 1.29 is 24.5 Å². The Morgan fingerprint density at radius 2 is 1.53 bits per heavy atom. The summed E-state index contributed by atoms with van der Waals surface area (Å²) in [5, 5.41) is 3.45. The van der Waals surface area contributed by atoms with Crippen LogP contribution in [0.1, 0.15) is 11.3 Å². The van der Waals surface area contributed by atoms with E-state index in [-0.39, 0.29) is 20.1 Å². The van der Waals surface area contributed by atoms with E-state index in [1.165, 1.54) is 10.8 Å². The van der Waals surface area contributed by atoms with E-state index in [2.05, 4.69) is 77.1 Å². The molecule has 0 saturated carbocycles. The van der Waals surface area contributed by atoms with Gasteiger partial charge in [0.2, 0.25) is 5.71 Å². The maximum Gasteiger partial charge on any atom is 0.216 e. The molecule has 0 saturated heterocycles. The molecule has 38 heavy (non-hydrogen) atoms. The zero-order chi connectivity index (χ0) is 26.0. The predicted octanol–water partition coefficient (Wildman–Crippen LogP) is 7.55. The quantitative estimate of drug-likeness (QED) is 0.142. The summed E-state index contributed by atoms with van der Waals surface area (Å²) in [6.07, 6.45) is 3.88. The molecule has 0 amide bonds. The first kappa shape index (κ1) is 27.6. The SMILES string of the molecule is Cc1ccc(-c2[c-]cccc2)nc1.Cc1ccc2c(n1)oc1c[c-]c(-c3ccc([Si](C)(C)C)cn3)cc12.[Ir]. The summed E-state index contributed by atoms with van der Waals surface area (Å²) in [5.74, 6) is 0. The van der Waals surface area contributed by atoms with Gasteiger partial charge in [-0.1, -0.05) is 49.3 Å². The van der Waals surface area contributed by atoms with Crippen LogP contribution in [0.15, 0.2) is 89.6 Å². The van der Waals surface area contributed by atoms with Crippen molar-refractivity contribution in [1.29, 1.82) is 0 Å². The third-order valence-corrected chi connectivity index (χ3v) is 8.24. The van der Waals surface area contributed by atoms with Crippen LogP contribution >= 0.6 is 0 Å². The fraction of sp³-hybridized carbons (Fsp3) is 0.156. The van der Waals surface area contributed by atoms with Crippen LogP contribution < -0.4 is 5.19 Å². The van der Waals surface area contributed by atoms with Crippen LogP contribution in [0.4, 0.5) is 0 Å². The van der Waals surface area contributed by atoms with Crippen LogP contribution in [-0.4, -0.2) is 23.0 Å². The minimum absolute atomic E-state index is 0. The van der Waals surface area contributed by atoms with Crippen LogP contribution in [-0.2, 0) is 20.1 Å². The van der Waals surface area contributed by atoms with Gasteiger partial charge in [0.15, 0.2) is 0 Å². The summed E-state index contributed by atoms with van der Waals surface area (Å²) in [7, 11) is -1.33. The summed E-state index contributed by atoms with van der Waals surface area (Å²) < 4.78 is 5.83. The Labute approximate surface area is 238 Å². The Kier molecular flexibility index (Phi) is 8.37. The van der Waals surface area contributed by atoms with E-state index < -0.39 is 8.07 Å². The molecule has 0 aliphatic carbocycles. The molecule has 0 bridgehead atoms. The number of hydrogen-bond donors (Lipinski definition) is 0. The van der Waals surface area contributed by atoms with Gasteiger partial charge in [-0.05, 0) is 48.1 Å². The minimum atomic E-state index is -1.33. The van der Waals surface area contributed by atoms with E-state index in [4.69, 9.17) is 4.42 Å². The molecule has 0 N–H and O–H groups in total. The van der Waals surface area contributed by atoms with Crippen molar-refractivity contribution in [3.63, 3.8) is 0 Å². The van der Waals surface area contributed by atoms with Crippen molar-refractivity contribution in [3.8, 4) is 22.5 Å². The molecule has 6 rings (SSSR count). The molecule has 6 heteroatoms. The van der Waals surface area contributed by atoms with E-state index in [0.717, 1.165) is 44.6 Å². The van der Waals surface area contributed by atoms with E-state index in [9.17, 15) is 0 Å². The number of nitrogens with zero attached hydrogens (tertiary/aromatic N) is 3. The van der Waals surface area contributed by atoms with Crippen molar-refractivity contribution in [3.05, 3.63) is 109 Å². The van der Waals surface area contributed by atoms with Gasteiger partial charge in [0.25, 0.3) is 0 Å². The van der Waals surface area contributed by atoms with Crippen molar-refractivity contribution >= 4 is 35.3 Å². The van der Waals surface area contributed by atoms with Gasteiger partial charge in [-0.2, -0.15) is 0 Å². The van der Waals surface area contributed by atoms with Gasteiger partial charge in [0, 0.05) is 43.6 Å². The Bertz CT molecular complexity index is 1660. The first-order valence-corrected chi connectivity index (χ1v) is 15.9. The maximum atomic E-state index is 5.83. The Hall–Kier alpha value is -3.44. The van der Waals surface area contributed by atoms with Gasteiger partial charge in [-0.15, -0.1) is 59.7 Å². The number of benzene rings is 2. The fourth-order valence-electron chi connectivity index (χ4n) is 4.02. The first-order chi connectivity index (χ1) is 17.8. The molecule has 0 spiro atoms. The second kappa shape index (κ2) is 11.5. The number of hydrogen-bond acceptors (Lipinski definition) is 4. The molecule has 4 aromatic heterocycles. The molecule has 0 fully saturated rings. The summed E-state index contributed by atoms with van der Waals surface area (Å²) in [4.78, 5) is 13.4. The van der Waals surface area contributed by atoms with Crippen LogP contribution in [0.25, 0.3) is 44.6 Å². The van der Waals surface area contributed by atoms with Gasteiger partial charge in [-0.25, -0.2) is 4.98 Å². The molecular formula is C32H29IrN3OSi-2. The molecule has 0 aliphatic heterocycles. The molecule has 193 valence electrons. The van der Waals surface area contributed by atoms with Crippen LogP contribution in [0.3, 0.4) is 0 Å². The van der Waals surface area contributed by atoms with E-state index >= 15 is 0 Å². The van der Waals surface area contributed by atoms with Gasteiger partial charge in [0.05, 0.1) is 13.7 Å². The number of rotatable bonds is 3. The van der Waals surface area contributed by atoms with Crippen molar-refractivity contribution in [2.24, 2.45) is 0 Å².